The zero-order chi connectivity index (χ0) is 10.9. The fourth-order valence-corrected chi connectivity index (χ4v) is 2.33. The lowest BCUT2D eigenvalue weighted by Crippen LogP contribution is -2.42. The molecule has 0 saturated carbocycles. The lowest BCUT2D eigenvalue weighted by molar-refractivity contribution is -0.0635. The van der Waals surface area contributed by atoms with Crippen molar-refractivity contribution in [3.05, 3.63) is 41.8 Å². The standard InChI is InChI=1S/C12H15ClNO/c1-12(15,14-8-4-5-9-14)10-6-2-3-7-11(10)13/h2-3,6-7,15H,1,4-5,8-9H2. The Kier molecular flexibility index (Phi) is 3.01. The highest BCUT2D eigenvalue weighted by Gasteiger charge is 2.34. The first-order valence-corrected chi connectivity index (χ1v) is 5.58. The van der Waals surface area contributed by atoms with Crippen LogP contribution in [0.2, 0.25) is 5.02 Å². The number of likely N-dealkylation sites (tertiary alicyclic amines) is 1. The van der Waals surface area contributed by atoms with Gasteiger partial charge >= 0.3 is 0 Å². The predicted molar refractivity (Wildman–Crippen MR) is 61.5 cm³/mol. The van der Waals surface area contributed by atoms with Crippen molar-refractivity contribution in [3.8, 4) is 0 Å². The molecule has 15 heavy (non-hydrogen) atoms. The minimum atomic E-state index is -1.19. The van der Waals surface area contributed by atoms with E-state index >= 15 is 0 Å². The molecule has 1 atom stereocenters. The summed E-state index contributed by atoms with van der Waals surface area (Å²) >= 11 is 6.06. The number of hydrogen-bond donors (Lipinski definition) is 1. The topological polar surface area (TPSA) is 23.5 Å². The van der Waals surface area contributed by atoms with Crippen LogP contribution in [0.15, 0.2) is 24.3 Å². The molecule has 81 valence electrons. The van der Waals surface area contributed by atoms with E-state index in [2.05, 4.69) is 6.92 Å². The summed E-state index contributed by atoms with van der Waals surface area (Å²) in [5.41, 5.74) is -0.497. The highest BCUT2D eigenvalue weighted by atomic mass is 35.5. The Morgan fingerprint density at radius 3 is 2.47 bits per heavy atom. The van der Waals surface area contributed by atoms with Crippen molar-refractivity contribution >= 4 is 11.6 Å². The van der Waals surface area contributed by atoms with Crippen LogP contribution in [0.25, 0.3) is 0 Å². The second-order valence-electron chi connectivity index (χ2n) is 3.99. The number of benzene rings is 1. The number of rotatable bonds is 2. The molecule has 1 heterocycles. The van der Waals surface area contributed by atoms with Gasteiger partial charge in [-0.15, -0.1) is 0 Å². The van der Waals surface area contributed by atoms with Crippen LogP contribution in [-0.4, -0.2) is 23.1 Å². The first-order chi connectivity index (χ1) is 7.12. The number of hydrogen-bond acceptors (Lipinski definition) is 2. The van der Waals surface area contributed by atoms with Crippen molar-refractivity contribution in [2.45, 2.75) is 18.6 Å². The number of halogens is 1. The maximum absolute atomic E-state index is 10.4. The molecular weight excluding hydrogens is 210 g/mol. The zero-order valence-corrected chi connectivity index (χ0v) is 9.37. The smallest absolute Gasteiger partial charge is 0.146 e. The average molecular weight is 225 g/mol. The Morgan fingerprint density at radius 2 is 1.87 bits per heavy atom. The molecule has 1 saturated heterocycles. The fraction of sp³-hybridized carbons (Fsp3) is 0.417. The van der Waals surface area contributed by atoms with Crippen molar-refractivity contribution in [3.63, 3.8) is 0 Å². The quantitative estimate of drug-likeness (QED) is 0.834. The van der Waals surface area contributed by atoms with E-state index in [1.54, 1.807) is 6.07 Å². The van der Waals surface area contributed by atoms with E-state index in [9.17, 15) is 5.11 Å². The highest BCUT2D eigenvalue weighted by Crippen LogP contribution is 2.32. The molecule has 3 heteroatoms. The molecule has 0 aliphatic carbocycles. The summed E-state index contributed by atoms with van der Waals surface area (Å²) in [6.07, 6.45) is 2.23. The van der Waals surface area contributed by atoms with Crippen LogP contribution in [0.3, 0.4) is 0 Å². The number of aliphatic hydroxyl groups is 1. The van der Waals surface area contributed by atoms with Crippen molar-refractivity contribution in [1.29, 1.82) is 0 Å². The molecule has 1 N–H and O–H groups in total. The van der Waals surface area contributed by atoms with Gasteiger partial charge in [0.1, 0.15) is 5.72 Å². The zero-order valence-electron chi connectivity index (χ0n) is 8.62. The van der Waals surface area contributed by atoms with Crippen LogP contribution >= 0.6 is 11.6 Å². The van der Waals surface area contributed by atoms with Gasteiger partial charge in [-0.25, -0.2) is 0 Å². The molecule has 1 unspecified atom stereocenters. The Balaban J connectivity index is 2.31. The molecule has 1 aromatic carbocycles. The van der Waals surface area contributed by atoms with Gasteiger partial charge in [0, 0.05) is 23.7 Å². The lowest BCUT2D eigenvalue weighted by atomic mass is 10.0. The van der Waals surface area contributed by atoms with Gasteiger partial charge in [0.25, 0.3) is 0 Å². The minimum Gasteiger partial charge on any atom is -0.371 e. The molecule has 2 rings (SSSR count). The summed E-state index contributed by atoms with van der Waals surface area (Å²) in [5.74, 6) is 0. The van der Waals surface area contributed by atoms with Gasteiger partial charge in [-0.05, 0) is 25.8 Å². The average Bonchev–Trinajstić information content (AvgIpc) is 2.71. The summed E-state index contributed by atoms with van der Waals surface area (Å²) < 4.78 is 0. The fourth-order valence-electron chi connectivity index (χ4n) is 2.04. The van der Waals surface area contributed by atoms with E-state index in [1.807, 2.05) is 23.1 Å². The van der Waals surface area contributed by atoms with Gasteiger partial charge in [0.15, 0.2) is 0 Å². The molecular formula is C12H15ClNO. The molecule has 0 aromatic heterocycles. The third kappa shape index (κ3) is 2.03. The molecule has 1 aromatic rings. The molecule has 0 bridgehead atoms. The third-order valence-corrected chi connectivity index (χ3v) is 3.26. The Hall–Kier alpha value is -0.570. The van der Waals surface area contributed by atoms with Crippen LogP contribution in [0.4, 0.5) is 0 Å². The van der Waals surface area contributed by atoms with E-state index in [0.29, 0.717) is 10.6 Å². The van der Waals surface area contributed by atoms with E-state index in [4.69, 9.17) is 11.6 Å². The summed E-state index contributed by atoms with van der Waals surface area (Å²) in [6.45, 7) is 5.64. The first kappa shape index (κ1) is 10.9. The normalized spacial score (nSPS) is 21.5. The SMILES string of the molecule is [CH2]C(O)(c1ccccc1Cl)N1CCCC1. The van der Waals surface area contributed by atoms with Gasteiger partial charge in [-0.2, -0.15) is 0 Å². The summed E-state index contributed by atoms with van der Waals surface area (Å²) in [7, 11) is 0. The van der Waals surface area contributed by atoms with Crippen molar-refractivity contribution in [1.82, 2.24) is 4.90 Å². The van der Waals surface area contributed by atoms with Gasteiger partial charge in [-0.3, -0.25) is 4.90 Å². The lowest BCUT2D eigenvalue weighted by Gasteiger charge is -2.34. The summed E-state index contributed by atoms with van der Waals surface area (Å²) in [4.78, 5) is 1.97. The van der Waals surface area contributed by atoms with Gasteiger partial charge in [0.2, 0.25) is 0 Å². The Bertz CT molecular complexity index is 345. The number of nitrogens with zero attached hydrogens (tertiary/aromatic N) is 1. The van der Waals surface area contributed by atoms with Crippen molar-refractivity contribution < 1.29 is 5.11 Å². The third-order valence-electron chi connectivity index (χ3n) is 2.93. The van der Waals surface area contributed by atoms with E-state index in [-0.39, 0.29) is 0 Å². The van der Waals surface area contributed by atoms with Crippen LogP contribution in [-0.2, 0) is 5.72 Å². The van der Waals surface area contributed by atoms with Gasteiger partial charge in [-0.1, -0.05) is 29.8 Å². The van der Waals surface area contributed by atoms with Crippen molar-refractivity contribution in [2.75, 3.05) is 13.1 Å². The van der Waals surface area contributed by atoms with E-state index in [0.717, 1.165) is 25.9 Å². The maximum Gasteiger partial charge on any atom is 0.146 e. The van der Waals surface area contributed by atoms with Crippen LogP contribution in [0.1, 0.15) is 18.4 Å². The maximum atomic E-state index is 10.4. The molecule has 1 aliphatic rings. The molecule has 1 fully saturated rings. The predicted octanol–water partition coefficient (Wildman–Crippen LogP) is 2.41. The molecule has 1 radical (unpaired) electrons. The van der Waals surface area contributed by atoms with Gasteiger partial charge < -0.3 is 5.11 Å². The second-order valence-corrected chi connectivity index (χ2v) is 4.40. The van der Waals surface area contributed by atoms with Crippen molar-refractivity contribution in [2.24, 2.45) is 0 Å². The summed E-state index contributed by atoms with van der Waals surface area (Å²) in [6, 6.07) is 7.33. The monoisotopic (exact) mass is 224 g/mol. The van der Waals surface area contributed by atoms with Crippen LogP contribution in [0, 0.1) is 6.92 Å². The Labute approximate surface area is 95.5 Å². The largest absolute Gasteiger partial charge is 0.371 e. The molecule has 2 nitrogen and oxygen atoms in total. The summed E-state index contributed by atoms with van der Waals surface area (Å²) in [5, 5.41) is 11.0. The van der Waals surface area contributed by atoms with E-state index < -0.39 is 5.72 Å². The minimum absolute atomic E-state index is 0.571. The molecule has 0 spiro atoms. The Morgan fingerprint density at radius 1 is 1.27 bits per heavy atom. The highest BCUT2D eigenvalue weighted by molar-refractivity contribution is 6.31. The van der Waals surface area contributed by atoms with Crippen LogP contribution < -0.4 is 0 Å². The second kappa shape index (κ2) is 4.12. The van der Waals surface area contributed by atoms with Crippen LogP contribution in [0.5, 0.6) is 0 Å². The first-order valence-electron chi connectivity index (χ1n) is 5.20. The molecule has 1 aliphatic heterocycles. The van der Waals surface area contributed by atoms with E-state index in [1.165, 1.54) is 0 Å². The molecule has 0 amide bonds. The van der Waals surface area contributed by atoms with Gasteiger partial charge in [0.05, 0.1) is 0 Å².